The number of aliphatic hydroxyl groups excluding tert-OH is 1. The van der Waals surface area contributed by atoms with Crippen LogP contribution in [0.1, 0.15) is 41.0 Å². The second-order valence-corrected chi connectivity index (χ2v) is 7.82. The number of hydrogen-bond donors (Lipinski definition) is 1. The third-order valence-corrected chi connectivity index (χ3v) is 5.70. The number of aliphatic hydroxyl groups is 1. The van der Waals surface area contributed by atoms with Crippen molar-refractivity contribution in [1.82, 2.24) is 4.90 Å². The smallest absolute Gasteiger partial charge is 0.296 e. The Labute approximate surface area is 186 Å². The molecule has 0 saturated carbocycles. The summed E-state index contributed by atoms with van der Waals surface area (Å²) in [4.78, 5) is 27.6. The molecule has 0 spiro atoms. The summed E-state index contributed by atoms with van der Waals surface area (Å²) in [5, 5.41) is 11.1. The number of Topliss-reactive ketones (excluding diaryl/α,β-unsaturated/α-hetero) is 1. The maximum Gasteiger partial charge on any atom is 0.296 e. The molecular weight excluding hydrogens is 406 g/mol. The van der Waals surface area contributed by atoms with Crippen molar-refractivity contribution >= 4 is 17.4 Å². The molecule has 1 aliphatic rings. The van der Waals surface area contributed by atoms with Crippen LogP contribution in [0.25, 0.3) is 5.76 Å². The van der Waals surface area contributed by atoms with E-state index in [4.69, 9.17) is 9.15 Å². The molecule has 2 heterocycles. The summed E-state index contributed by atoms with van der Waals surface area (Å²) in [6.45, 7) is 6.49. The molecule has 4 rings (SSSR count). The fraction of sp³-hybridized carbons (Fsp3) is 0.231. The monoisotopic (exact) mass is 431 g/mol. The number of likely N-dealkylation sites (tertiary alicyclic amines) is 1. The van der Waals surface area contributed by atoms with Crippen LogP contribution in [-0.4, -0.2) is 28.3 Å². The number of ketones is 1. The van der Waals surface area contributed by atoms with E-state index >= 15 is 0 Å². The van der Waals surface area contributed by atoms with E-state index in [1.807, 2.05) is 57.2 Å². The zero-order chi connectivity index (χ0) is 22.8. The third-order valence-electron chi connectivity index (χ3n) is 5.70. The summed E-state index contributed by atoms with van der Waals surface area (Å²) in [5.74, 6) is -0.526. The number of furan rings is 1. The van der Waals surface area contributed by atoms with Crippen LogP contribution in [0.3, 0.4) is 0 Å². The molecule has 1 saturated heterocycles. The van der Waals surface area contributed by atoms with Crippen LogP contribution in [0, 0.1) is 13.8 Å². The molecule has 0 radical (unpaired) electrons. The summed E-state index contributed by atoms with van der Waals surface area (Å²) < 4.78 is 11.1. The molecule has 3 aromatic rings. The molecule has 1 aliphatic heterocycles. The first kappa shape index (κ1) is 21.4. The Hall–Kier alpha value is -3.80. The van der Waals surface area contributed by atoms with Crippen LogP contribution in [-0.2, 0) is 16.1 Å². The third kappa shape index (κ3) is 3.91. The second-order valence-electron chi connectivity index (χ2n) is 7.82. The normalized spacial score (nSPS) is 17.7. The molecule has 1 aromatic heterocycles. The van der Waals surface area contributed by atoms with Crippen LogP contribution in [0.2, 0.25) is 0 Å². The molecule has 6 nitrogen and oxygen atoms in total. The van der Waals surface area contributed by atoms with Gasteiger partial charge in [0.2, 0.25) is 0 Å². The minimum atomic E-state index is -0.831. The van der Waals surface area contributed by atoms with Crippen molar-refractivity contribution < 1.29 is 23.8 Å². The van der Waals surface area contributed by atoms with Crippen molar-refractivity contribution in [3.8, 4) is 5.75 Å². The fourth-order valence-electron chi connectivity index (χ4n) is 3.93. The highest BCUT2D eigenvalue weighted by atomic mass is 16.5. The molecule has 1 N–H and O–H groups in total. The van der Waals surface area contributed by atoms with Gasteiger partial charge >= 0.3 is 0 Å². The van der Waals surface area contributed by atoms with Crippen LogP contribution >= 0.6 is 0 Å². The van der Waals surface area contributed by atoms with Gasteiger partial charge in [-0.25, -0.2) is 0 Å². The molecular formula is C26H25NO5. The Kier molecular flexibility index (Phi) is 5.86. The van der Waals surface area contributed by atoms with E-state index < -0.39 is 17.7 Å². The number of carbonyl (C=O) groups excluding carboxylic acids is 2. The van der Waals surface area contributed by atoms with Gasteiger partial charge in [-0.15, -0.1) is 0 Å². The fourth-order valence-corrected chi connectivity index (χ4v) is 3.93. The maximum atomic E-state index is 13.1. The van der Waals surface area contributed by atoms with Gasteiger partial charge in [0.25, 0.3) is 11.7 Å². The largest absolute Gasteiger partial charge is 0.507 e. The Balaban J connectivity index is 1.79. The average molecular weight is 431 g/mol. The summed E-state index contributed by atoms with van der Waals surface area (Å²) in [7, 11) is 0. The van der Waals surface area contributed by atoms with Crippen LogP contribution in [0.15, 0.2) is 70.9 Å². The van der Waals surface area contributed by atoms with Gasteiger partial charge in [0.1, 0.15) is 23.3 Å². The van der Waals surface area contributed by atoms with Crippen molar-refractivity contribution in [3.63, 3.8) is 0 Å². The molecule has 1 unspecified atom stereocenters. The van der Waals surface area contributed by atoms with Crippen molar-refractivity contribution in [2.24, 2.45) is 0 Å². The van der Waals surface area contributed by atoms with Gasteiger partial charge in [-0.3, -0.25) is 9.59 Å². The summed E-state index contributed by atoms with van der Waals surface area (Å²) >= 11 is 0. The minimum absolute atomic E-state index is 0.0224. The summed E-state index contributed by atoms with van der Waals surface area (Å²) in [5.41, 5.74) is 3.36. The number of amides is 1. The van der Waals surface area contributed by atoms with Gasteiger partial charge < -0.3 is 19.2 Å². The maximum absolute atomic E-state index is 13.1. The van der Waals surface area contributed by atoms with E-state index in [2.05, 4.69) is 0 Å². The molecule has 1 fully saturated rings. The average Bonchev–Trinajstić information content (AvgIpc) is 3.38. The standard InChI is InChI=1S/C26H25NO5/c1-4-31-20-8-5-7-18(14-20)15-27-23(21-9-6-12-32-21)22(25(29)26(27)30)24(28)19-11-10-16(2)17(3)13-19/h5-14,23,28H,4,15H2,1-3H3/b24-22-. The first-order chi connectivity index (χ1) is 15.4. The van der Waals surface area contributed by atoms with Gasteiger partial charge in [-0.05, 0) is 67.8 Å². The number of hydrogen-bond acceptors (Lipinski definition) is 5. The number of rotatable bonds is 6. The molecule has 6 heteroatoms. The minimum Gasteiger partial charge on any atom is -0.507 e. The quantitative estimate of drug-likeness (QED) is 0.341. The molecule has 0 aliphatic carbocycles. The van der Waals surface area contributed by atoms with E-state index in [1.165, 1.54) is 11.2 Å². The predicted molar refractivity (Wildman–Crippen MR) is 120 cm³/mol. The predicted octanol–water partition coefficient (Wildman–Crippen LogP) is 4.92. The molecule has 2 aromatic carbocycles. The number of ether oxygens (including phenoxy) is 1. The van der Waals surface area contributed by atoms with Gasteiger partial charge in [0.15, 0.2) is 0 Å². The SMILES string of the molecule is CCOc1cccc(CN2C(=O)C(=O)/C(=C(\O)c3ccc(C)c(C)c3)C2c2ccco2)c1. The van der Waals surface area contributed by atoms with Gasteiger partial charge in [0, 0.05) is 12.1 Å². The Morgan fingerprint density at radius 3 is 2.56 bits per heavy atom. The molecule has 1 amide bonds. The second kappa shape index (κ2) is 8.75. The molecule has 0 bridgehead atoms. The van der Waals surface area contributed by atoms with Crippen LogP contribution < -0.4 is 4.74 Å². The zero-order valence-corrected chi connectivity index (χ0v) is 18.3. The molecule has 164 valence electrons. The molecule has 1 atom stereocenters. The van der Waals surface area contributed by atoms with Gasteiger partial charge in [0.05, 0.1) is 18.4 Å². The van der Waals surface area contributed by atoms with Crippen LogP contribution in [0.5, 0.6) is 5.75 Å². The summed E-state index contributed by atoms with van der Waals surface area (Å²) in [6, 6.07) is 15.4. The van der Waals surface area contributed by atoms with E-state index in [0.717, 1.165) is 16.7 Å². The lowest BCUT2D eigenvalue weighted by atomic mass is 9.97. The van der Waals surface area contributed by atoms with E-state index in [0.29, 0.717) is 23.7 Å². The Morgan fingerprint density at radius 2 is 1.88 bits per heavy atom. The lowest BCUT2D eigenvalue weighted by Gasteiger charge is -2.23. The van der Waals surface area contributed by atoms with Crippen molar-refractivity contribution in [3.05, 3.63) is 94.4 Å². The lowest BCUT2D eigenvalue weighted by molar-refractivity contribution is -0.140. The zero-order valence-electron chi connectivity index (χ0n) is 18.3. The highest BCUT2D eigenvalue weighted by molar-refractivity contribution is 6.46. The lowest BCUT2D eigenvalue weighted by Crippen LogP contribution is -2.29. The first-order valence-corrected chi connectivity index (χ1v) is 10.5. The van der Waals surface area contributed by atoms with Gasteiger partial charge in [-0.1, -0.05) is 24.3 Å². The van der Waals surface area contributed by atoms with Crippen LogP contribution in [0.4, 0.5) is 0 Å². The van der Waals surface area contributed by atoms with Crippen molar-refractivity contribution in [2.75, 3.05) is 6.61 Å². The van der Waals surface area contributed by atoms with Crippen molar-refractivity contribution in [2.45, 2.75) is 33.4 Å². The topological polar surface area (TPSA) is 80.0 Å². The number of nitrogens with zero attached hydrogens (tertiary/aromatic N) is 1. The number of benzene rings is 2. The Bertz CT molecular complexity index is 1190. The first-order valence-electron chi connectivity index (χ1n) is 10.5. The van der Waals surface area contributed by atoms with Gasteiger partial charge in [-0.2, -0.15) is 0 Å². The Morgan fingerprint density at radius 1 is 1.06 bits per heavy atom. The highest BCUT2D eigenvalue weighted by Gasteiger charge is 2.47. The van der Waals surface area contributed by atoms with E-state index in [-0.39, 0.29) is 17.9 Å². The summed E-state index contributed by atoms with van der Waals surface area (Å²) in [6.07, 6.45) is 1.49. The number of aryl methyl sites for hydroxylation is 2. The van der Waals surface area contributed by atoms with E-state index in [1.54, 1.807) is 18.2 Å². The van der Waals surface area contributed by atoms with Crippen molar-refractivity contribution in [1.29, 1.82) is 0 Å². The molecule has 32 heavy (non-hydrogen) atoms. The highest BCUT2D eigenvalue weighted by Crippen LogP contribution is 2.40. The van der Waals surface area contributed by atoms with E-state index in [9.17, 15) is 14.7 Å². The number of carbonyl (C=O) groups is 2.